The Morgan fingerprint density at radius 3 is 1.86 bits per heavy atom. The summed E-state index contributed by atoms with van der Waals surface area (Å²) >= 11 is 0. The highest BCUT2D eigenvalue weighted by atomic mass is 16.5. The quantitative estimate of drug-likeness (QED) is 0.497. The van der Waals surface area contributed by atoms with Crippen molar-refractivity contribution in [3.63, 3.8) is 0 Å². The van der Waals surface area contributed by atoms with Gasteiger partial charge in [-0.05, 0) is 61.7 Å². The van der Waals surface area contributed by atoms with Crippen molar-refractivity contribution in [1.82, 2.24) is 0 Å². The van der Waals surface area contributed by atoms with Crippen LogP contribution in [0.4, 0.5) is 0 Å². The van der Waals surface area contributed by atoms with Crippen molar-refractivity contribution in [3.05, 3.63) is 65.7 Å². The van der Waals surface area contributed by atoms with Crippen LogP contribution in [-0.2, 0) is 20.7 Å². The molecule has 0 spiro atoms. The lowest BCUT2D eigenvalue weighted by atomic mass is 10.1. The Labute approximate surface area is 171 Å². The molecule has 0 heterocycles. The van der Waals surface area contributed by atoms with Gasteiger partial charge < -0.3 is 19.3 Å². The Balaban J connectivity index is 0.000000291. The largest absolute Gasteiger partial charge is 0.494 e. The van der Waals surface area contributed by atoms with E-state index in [2.05, 4.69) is 4.74 Å². The van der Waals surface area contributed by atoms with E-state index in [1.807, 2.05) is 62.4 Å². The number of hydrogen-bond donors (Lipinski definition) is 1. The molecule has 0 aliphatic carbocycles. The maximum absolute atomic E-state index is 10.8. The third-order valence-corrected chi connectivity index (χ3v) is 3.67. The number of ether oxygens (including phenoxy) is 3. The molecule has 2 rings (SSSR count). The zero-order valence-corrected chi connectivity index (χ0v) is 17.1. The van der Waals surface area contributed by atoms with Gasteiger partial charge in [0.1, 0.15) is 11.5 Å². The first-order chi connectivity index (χ1) is 14.0. The summed E-state index contributed by atoms with van der Waals surface area (Å²) in [5.74, 6) is 0.530. The van der Waals surface area contributed by atoms with E-state index in [-0.39, 0.29) is 12.4 Å². The van der Waals surface area contributed by atoms with E-state index in [0.717, 1.165) is 22.6 Å². The molecule has 29 heavy (non-hydrogen) atoms. The molecular weight excluding hydrogens is 372 g/mol. The number of hydrogen-bond acceptors (Lipinski definition) is 5. The number of esters is 1. The SMILES string of the molecule is CCOc1ccc(/C=C/C(=O)OC)cc1.CCOc1ccc(CCC(=O)O)cc1. The van der Waals surface area contributed by atoms with Crippen LogP contribution in [0.2, 0.25) is 0 Å². The summed E-state index contributed by atoms with van der Waals surface area (Å²) in [6.07, 6.45) is 3.83. The first-order valence-electron chi connectivity index (χ1n) is 9.40. The molecule has 0 aliphatic rings. The van der Waals surface area contributed by atoms with Crippen LogP contribution >= 0.6 is 0 Å². The molecular formula is C23H28O6. The van der Waals surface area contributed by atoms with Crippen LogP contribution in [0.1, 0.15) is 31.4 Å². The number of aliphatic carboxylic acids is 1. The number of carboxylic acids is 1. The maximum atomic E-state index is 10.8. The van der Waals surface area contributed by atoms with E-state index >= 15 is 0 Å². The smallest absolute Gasteiger partial charge is 0.330 e. The van der Waals surface area contributed by atoms with Crippen molar-refractivity contribution in [3.8, 4) is 11.5 Å². The number of rotatable bonds is 9. The second kappa shape index (κ2) is 13.8. The molecule has 2 aromatic rings. The van der Waals surface area contributed by atoms with Gasteiger partial charge >= 0.3 is 11.9 Å². The number of carboxylic acid groups (broad SMARTS) is 1. The topological polar surface area (TPSA) is 82.1 Å². The van der Waals surface area contributed by atoms with E-state index in [1.54, 1.807) is 6.08 Å². The summed E-state index contributed by atoms with van der Waals surface area (Å²) in [6, 6.07) is 15.0. The number of benzene rings is 2. The minimum atomic E-state index is -0.765. The van der Waals surface area contributed by atoms with Crippen LogP contribution in [0.5, 0.6) is 11.5 Å². The normalized spacial score (nSPS) is 10.0. The summed E-state index contributed by atoms with van der Waals surface area (Å²) in [4.78, 5) is 21.1. The number of carbonyl (C=O) groups is 2. The summed E-state index contributed by atoms with van der Waals surface area (Å²) in [5.41, 5.74) is 1.96. The first-order valence-corrected chi connectivity index (χ1v) is 9.40. The monoisotopic (exact) mass is 400 g/mol. The molecule has 0 amide bonds. The fourth-order valence-corrected chi connectivity index (χ4v) is 2.24. The highest BCUT2D eigenvalue weighted by Crippen LogP contribution is 2.14. The Hall–Kier alpha value is -3.28. The Bertz CT molecular complexity index is 763. The van der Waals surface area contributed by atoms with Gasteiger partial charge in [-0.3, -0.25) is 4.79 Å². The molecule has 2 aromatic carbocycles. The Morgan fingerprint density at radius 1 is 0.897 bits per heavy atom. The Morgan fingerprint density at radius 2 is 1.41 bits per heavy atom. The summed E-state index contributed by atoms with van der Waals surface area (Å²) in [7, 11) is 1.35. The van der Waals surface area contributed by atoms with Crippen molar-refractivity contribution >= 4 is 18.0 Å². The average Bonchev–Trinajstić information content (AvgIpc) is 2.73. The zero-order valence-electron chi connectivity index (χ0n) is 17.1. The predicted octanol–water partition coefficient (Wildman–Crippen LogP) is 4.37. The lowest BCUT2D eigenvalue weighted by Gasteiger charge is -2.03. The molecule has 0 aromatic heterocycles. The second-order valence-corrected chi connectivity index (χ2v) is 5.83. The van der Waals surface area contributed by atoms with Gasteiger partial charge in [0, 0.05) is 12.5 Å². The predicted molar refractivity (Wildman–Crippen MR) is 112 cm³/mol. The summed E-state index contributed by atoms with van der Waals surface area (Å²) < 4.78 is 15.0. The summed E-state index contributed by atoms with van der Waals surface area (Å²) in [6.45, 7) is 5.16. The van der Waals surface area contributed by atoms with Gasteiger partial charge in [0.05, 0.1) is 20.3 Å². The standard InChI is InChI=1S/C12H14O3.C11H14O3/c1-3-15-11-7-4-10(5-8-11)6-9-12(13)14-2;1-2-14-10-6-3-9(4-7-10)5-8-11(12)13/h4-9H,3H2,1-2H3;3-4,6-7H,2,5,8H2,1H3,(H,12,13)/b9-6+;. The lowest BCUT2D eigenvalue weighted by Crippen LogP contribution is -1.97. The van der Waals surface area contributed by atoms with Crippen LogP contribution in [0.3, 0.4) is 0 Å². The van der Waals surface area contributed by atoms with Crippen LogP contribution in [0.15, 0.2) is 54.6 Å². The van der Waals surface area contributed by atoms with Gasteiger partial charge in [0.2, 0.25) is 0 Å². The molecule has 6 heteroatoms. The van der Waals surface area contributed by atoms with E-state index in [0.29, 0.717) is 19.6 Å². The maximum Gasteiger partial charge on any atom is 0.330 e. The van der Waals surface area contributed by atoms with Crippen LogP contribution in [0, 0.1) is 0 Å². The van der Waals surface area contributed by atoms with Gasteiger partial charge in [0.25, 0.3) is 0 Å². The molecule has 0 bridgehead atoms. The Kier molecular flexibility index (Phi) is 11.3. The highest BCUT2D eigenvalue weighted by Gasteiger charge is 1.99. The minimum Gasteiger partial charge on any atom is -0.494 e. The summed E-state index contributed by atoms with van der Waals surface area (Å²) in [5, 5.41) is 8.49. The molecule has 0 fully saturated rings. The van der Waals surface area contributed by atoms with E-state index < -0.39 is 5.97 Å². The van der Waals surface area contributed by atoms with Crippen LogP contribution in [0.25, 0.3) is 6.08 Å². The van der Waals surface area contributed by atoms with E-state index in [9.17, 15) is 9.59 Å². The number of carbonyl (C=O) groups excluding carboxylic acids is 1. The van der Waals surface area contributed by atoms with E-state index in [4.69, 9.17) is 14.6 Å². The van der Waals surface area contributed by atoms with Gasteiger partial charge in [-0.1, -0.05) is 24.3 Å². The van der Waals surface area contributed by atoms with Gasteiger partial charge in [-0.2, -0.15) is 0 Å². The molecule has 6 nitrogen and oxygen atoms in total. The van der Waals surface area contributed by atoms with Gasteiger partial charge in [0.15, 0.2) is 0 Å². The molecule has 0 atom stereocenters. The van der Waals surface area contributed by atoms with E-state index in [1.165, 1.54) is 13.2 Å². The number of aryl methyl sites for hydroxylation is 1. The fourth-order valence-electron chi connectivity index (χ4n) is 2.24. The first kappa shape index (κ1) is 23.8. The van der Waals surface area contributed by atoms with Crippen molar-refractivity contribution in [2.45, 2.75) is 26.7 Å². The molecule has 0 saturated carbocycles. The fraction of sp³-hybridized carbons (Fsp3) is 0.304. The average molecular weight is 400 g/mol. The van der Waals surface area contributed by atoms with Crippen molar-refractivity contribution in [2.75, 3.05) is 20.3 Å². The molecule has 156 valence electrons. The van der Waals surface area contributed by atoms with Crippen LogP contribution < -0.4 is 9.47 Å². The molecule has 0 radical (unpaired) electrons. The molecule has 1 N–H and O–H groups in total. The molecule has 0 saturated heterocycles. The van der Waals surface area contributed by atoms with Crippen molar-refractivity contribution in [1.29, 1.82) is 0 Å². The van der Waals surface area contributed by atoms with Crippen molar-refractivity contribution < 1.29 is 28.9 Å². The van der Waals surface area contributed by atoms with Gasteiger partial charge in [-0.15, -0.1) is 0 Å². The molecule has 0 unspecified atom stereocenters. The van der Waals surface area contributed by atoms with Crippen LogP contribution in [-0.4, -0.2) is 37.4 Å². The third-order valence-electron chi connectivity index (χ3n) is 3.67. The molecule has 0 aliphatic heterocycles. The second-order valence-electron chi connectivity index (χ2n) is 5.83. The highest BCUT2D eigenvalue weighted by molar-refractivity contribution is 5.86. The minimum absolute atomic E-state index is 0.175. The third kappa shape index (κ3) is 10.6. The van der Waals surface area contributed by atoms with Crippen molar-refractivity contribution in [2.24, 2.45) is 0 Å². The lowest BCUT2D eigenvalue weighted by molar-refractivity contribution is -0.137. The zero-order chi connectivity index (χ0) is 21.5. The van der Waals surface area contributed by atoms with Gasteiger partial charge in [-0.25, -0.2) is 4.79 Å². The number of methoxy groups -OCH3 is 1.